The van der Waals surface area contributed by atoms with Gasteiger partial charge in [-0.15, -0.1) is 0 Å². The normalized spacial score (nSPS) is 25.5. The standard InChI is InChI=1S/C11H15ClN2O/c1-11(4-5-15-7-11)14-10-3-2-8(12)6-9(10)13/h2-3,6,14H,4-5,7,13H2,1H3. The number of anilines is 2. The van der Waals surface area contributed by atoms with Gasteiger partial charge in [0.25, 0.3) is 0 Å². The van der Waals surface area contributed by atoms with E-state index in [2.05, 4.69) is 12.2 Å². The van der Waals surface area contributed by atoms with Crippen molar-refractivity contribution in [1.29, 1.82) is 0 Å². The Balaban J connectivity index is 2.16. The molecule has 82 valence electrons. The van der Waals surface area contributed by atoms with Crippen LogP contribution >= 0.6 is 11.6 Å². The van der Waals surface area contributed by atoms with Crippen LogP contribution in [0, 0.1) is 0 Å². The zero-order valence-electron chi connectivity index (χ0n) is 8.72. The Kier molecular flexibility index (Phi) is 2.76. The van der Waals surface area contributed by atoms with Crippen molar-refractivity contribution in [2.45, 2.75) is 18.9 Å². The molecule has 0 saturated carbocycles. The monoisotopic (exact) mass is 226 g/mol. The molecular weight excluding hydrogens is 212 g/mol. The van der Waals surface area contributed by atoms with Crippen LogP contribution < -0.4 is 11.1 Å². The molecule has 4 heteroatoms. The number of hydrogen-bond acceptors (Lipinski definition) is 3. The summed E-state index contributed by atoms with van der Waals surface area (Å²) in [6.45, 7) is 3.65. The van der Waals surface area contributed by atoms with Crippen LogP contribution in [0.1, 0.15) is 13.3 Å². The number of rotatable bonds is 2. The highest BCUT2D eigenvalue weighted by Gasteiger charge is 2.29. The maximum absolute atomic E-state index is 5.87. The molecule has 1 unspecified atom stereocenters. The van der Waals surface area contributed by atoms with Crippen LogP contribution in [0.15, 0.2) is 18.2 Å². The van der Waals surface area contributed by atoms with Crippen LogP contribution in [0.4, 0.5) is 11.4 Å². The number of nitrogens with one attached hydrogen (secondary N) is 1. The average Bonchev–Trinajstić information content (AvgIpc) is 2.58. The van der Waals surface area contributed by atoms with Crippen molar-refractivity contribution in [3.63, 3.8) is 0 Å². The molecule has 15 heavy (non-hydrogen) atoms. The Bertz CT molecular complexity index is 362. The van der Waals surface area contributed by atoms with E-state index in [1.807, 2.05) is 12.1 Å². The summed E-state index contributed by atoms with van der Waals surface area (Å²) >= 11 is 5.84. The van der Waals surface area contributed by atoms with Gasteiger partial charge in [-0.2, -0.15) is 0 Å². The van der Waals surface area contributed by atoms with Crippen LogP contribution in [0.3, 0.4) is 0 Å². The lowest BCUT2D eigenvalue weighted by atomic mass is 10.0. The molecule has 1 aliphatic rings. The molecule has 1 fully saturated rings. The molecule has 1 atom stereocenters. The molecule has 0 radical (unpaired) electrons. The SMILES string of the molecule is CC1(Nc2ccc(Cl)cc2N)CCOC1. The van der Waals surface area contributed by atoms with Crippen LogP contribution in [-0.4, -0.2) is 18.8 Å². The van der Waals surface area contributed by atoms with E-state index >= 15 is 0 Å². The zero-order chi connectivity index (χ0) is 10.9. The first kappa shape index (κ1) is 10.6. The number of benzene rings is 1. The van der Waals surface area contributed by atoms with Crippen LogP contribution in [0.25, 0.3) is 0 Å². The molecule has 3 N–H and O–H groups in total. The molecule has 1 heterocycles. The third-order valence-corrected chi connectivity index (χ3v) is 2.90. The van der Waals surface area contributed by atoms with Gasteiger partial charge in [-0.05, 0) is 31.5 Å². The maximum Gasteiger partial charge on any atom is 0.0694 e. The van der Waals surface area contributed by atoms with E-state index < -0.39 is 0 Å². The second-order valence-electron chi connectivity index (χ2n) is 4.22. The molecule has 1 saturated heterocycles. The van der Waals surface area contributed by atoms with Gasteiger partial charge < -0.3 is 15.8 Å². The van der Waals surface area contributed by atoms with E-state index in [1.165, 1.54) is 0 Å². The molecule has 3 nitrogen and oxygen atoms in total. The Morgan fingerprint density at radius 2 is 2.33 bits per heavy atom. The summed E-state index contributed by atoms with van der Waals surface area (Å²) in [6, 6.07) is 5.49. The summed E-state index contributed by atoms with van der Waals surface area (Å²) in [5, 5.41) is 4.06. The smallest absolute Gasteiger partial charge is 0.0694 e. The van der Waals surface area contributed by atoms with Gasteiger partial charge in [0.15, 0.2) is 0 Å². The maximum atomic E-state index is 5.87. The zero-order valence-corrected chi connectivity index (χ0v) is 9.47. The van der Waals surface area contributed by atoms with Gasteiger partial charge in [0.1, 0.15) is 0 Å². The third kappa shape index (κ3) is 2.36. The first-order valence-electron chi connectivity index (χ1n) is 5.00. The quantitative estimate of drug-likeness (QED) is 0.762. The van der Waals surface area contributed by atoms with E-state index in [0.717, 1.165) is 25.3 Å². The summed E-state index contributed by atoms with van der Waals surface area (Å²) in [7, 11) is 0. The predicted molar refractivity (Wildman–Crippen MR) is 63.3 cm³/mol. The molecule has 1 aliphatic heterocycles. The molecule has 1 aromatic carbocycles. The number of nitrogen functional groups attached to an aromatic ring is 1. The van der Waals surface area contributed by atoms with Crippen molar-refractivity contribution in [2.75, 3.05) is 24.3 Å². The van der Waals surface area contributed by atoms with E-state index in [-0.39, 0.29) is 5.54 Å². The summed E-state index contributed by atoms with van der Waals surface area (Å²) in [4.78, 5) is 0. The van der Waals surface area contributed by atoms with Crippen LogP contribution in [0.2, 0.25) is 5.02 Å². The number of hydrogen-bond donors (Lipinski definition) is 2. The van der Waals surface area contributed by atoms with E-state index in [1.54, 1.807) is 6.07 Å². The van der Waals surface area contributed by atoms with Gasteiger partial charge in [-0.1, -0.05) is 11.6 Å². The minimum absolute atomic E-state index is 0.0120. The van der Waals surface area contributed by atoms with Gasteiger partial charge >= 0.3 is 0 Å². The van der Waals surface area contributed by atoms with Crippen molar-refractivity contribution >= 4 is 23.0 Å². The van der Waals surface area contributed by atoms with Crippen LogP contribution in [-0.2, 0) is 4.74 Å². The summed E-state index contributed by atoms with van der Waals surface area (Å²) in [6.07, 6.45) is 0.995. The Hall–Kier alpha value is -0.930. The number of ether oxygens (including phenoxy) is 1. The van der Waals surface area contributed by atoms with Crippen molar-refractivity contribution in [1.82, 2.24) is 0 Å². The lowest BCUT2D eigenvalue weighted by Crippen LogP contribution is -2.35. The average molecular weight is 227 g/mol. The van der Waals surface area contributed by atoms with Gasteiger partial charge in [0, 0.05) is 11.6 Å². The largest absolute Gasteiger partial charge is 0.397 e. The fraction of sp³-hybridized carbons (Fsp3) is 0.455. The highest BCUT2D eigenvalue weighted by Crippen LogP contribution is 2.29. The minimum atomic E-state index is -0.0120. The van der Waals surface area contributed by atoms with E-state index in [9.17, 15) is 0 Å². The van der Waals surface area contributed by atoms with E-state index in [4.69, 9.17) is 22.1 Å². The Labute approximate surface area is 94.6 Å². The molecule has 1 aromatic rings. The van der Waals surface area contributed by atoms with Gasteiger partial charge in [0.05, 0.1) is 23.5 Å². The van der Waals surface area contributed by atoms with Crippen molar-refractivity contribution < 1.29 is 4.74 Å². The predicted octanol–water partition coefficient (Wildman–Crippen LogP) is 2.51. The molecule has 0 aromatic heterocycles. The fourth-order valence-corrected chi connectivity index (χ4v) is 1.92. The summed E-state index contributed by atoms with van der Waals surface area (Å²) < 4.78 is 5.37. The highest BCUT2D eigenvalue weighted by atomic mass is 35.5. The van der Waals surface area contributed by atoms with Gasteiger partial charge in [-0.25, -0.2) is 0 Å². The number of nitrogens with two attached hydrogens (primary N) is 1. The van der Waals surface area contributed by atoms with Crippen molar-refractivity contribution in [3.8, 4) is 0 Å². The topological polar surface area (TPSA) is 47.3 Å². The first-order valence-corrected chi connectivity index (χ1v) is 5.38. The summed E-state index contributed by atoms with van der Waals surface area (Å²) in [5.74, 6) is 0. The molecule has 0 spiro atoms. The summed E-state index contributed by atoms with van der Waals surface area (Å²) in [5.41, 5.74) is 7.46. The second kappa shape index (κ2) is 3.91. The molecule has 2 rings (SSSR count). The van der Waals surface area contributed by atoms with Crippen molar-refractivity contribution in [3.05, 3.63) is 23.2 Å². The molecule has 0 amide bonds. The minimum Gasteiger partial charge on any atom is -0.397 e. The van der Waals surface area contributed by atoms with E-state index in [0.29, 0.717) is 10.7 Å². The fourth-order valence-electron chi connectivity index (χ4n) is 1.74. The lowest BCUT2D eigenvalue weighted by molar-refractivity contribution is 0.185. The van der Waals surface area contributed by atoms with Crippen molar-refractivity contribution in [2.24, 2.45) is 0 Å². The molecule has 0 bridgehead atoms. The first-order chi connectivity index (χ1) is 7.09. The number of halogens is 1. The molecule has 0 aliphatic carbocycles. The lowest BCUT2D eigenvalue weighted by Gasteiger charge is -2.25. The third-order valence-electron chi connectivity index (χ3n) is 2.67. The Morgan fingerprint density at radius 3 is 2.93 bits per heavy atom. The van der Waals surface area contributed by atoms with Gasteiger partial charge in [-0.3, -0.25) is 0 Å². The Morgan fingerprint density at radius 1 is 1.53 bits per heavy atom. The highest BCUT2D eigenvalue weighted by molar-refractivity contribution is 6.31. The second-order valence-corrected chi connectivity index (χ2v) is 4.66. The van der Waals surface area contributed by atoms with Crippen LogP contribution in [0.5, 0.6) is 0 Å². The van der Waals surface area contributed by atoms with Gasteiger partial charge in [0.2, 0.25) is 0 Å². The molecular formula is C11H15ClN2O.